The molecule has 0 aliphatic rings. The van der Waals surface area contributed by atoms with E-state index in [2.05, 4.69) is 22.9 Å². The smallest absolute Gasteiger partial charge is 0.305 e. The second-order valence-electron chi connectivity index (χ2n) is 7.01. The number of carbonyl (C=O) groups excluding carboxylic acids is 2. The minimum atomic E-state index is -0.162. The van der Waals surface area contributed by atoms with Gasteiger partial charge in [-0.15, -0.1) is 0 Å². The van der Waals surface area contributed by atoms with Crippen molar-refractivity contribution in [3.63, 3.8) is 0 Å². The van der Waals surface area contributed by atoms with Gasteiger partial charge in [0.1, 0.15) is 6.10 Å². The molecule has 0 aromatic heterocycles. The maximum Gasteiger partial charge on any atom is 0.305 e. The Balaban J connectivity index is 3.70. The molecule has 154 valence electrons. The van der Waals surface area contributed by atoms with Crippen molar-refractivity contribution in [3.8, 4) is 0 Å². The number of hydrogen-bond donors (Lipinski definition) is 0. The van der Waals surface area contributed by atoms with Crippen molar-refractivity contribution in [1.82, 2.24) is 0 Å². The molecule has 0 spiro atoms. The van der Waals surface area contributed by atoms with E-state index in [9.17, 15) is 9.59 Å². The van der Waals surface area contributed by atoms with Crippen LogP contribution in [0.15, 0.2) is 0 Å². The molecule has 0 saturated heterocycles. The zero-order chi connectivity index (χ0) is 19.6. The van der Waals surface area contributed by atoms with Gasteiger partial charge < -0.3 is 9.47 Å². The van der Waals surface area contributed by atoms with E-state index in [0.29, 0.717) is 17.9 Å². The number of esters is 2. The van der Waals surface area contributed by atoms with Crippen LogP contribution in [-0.4, -0.2) is 29.5 Å². The molecular formula is C21H39BrO4. The van der Waals surface area contributed by atoms with Gasteiger partial charge in [0.2, 0.25) is 0 Å². The molecule has 26 heavy (non-hydrogen) atoms. The lowest BCUT2D eigenvalue weighted by Gasteiger charge is -2.18. The summed E-state index contributed by atoms with van der Waals surface area (Å²) in [6.07, 6.45) is 13.8. The van der Waals surface area contributed by atoms with Crippen molar-refractivity contribution in [2.75, 3.05) is 6.61 Å². The average molecular weight is 435 g/mol. The molecular weight excluding hydrogens is 396 g/mol. The van der Waals surface area contributed by atoms with Crippen LogP contribution in [0.1, 0.15) is 104 Å². The van der Waals surface area contributed by atoms with Gasteiger partial charge in [-0.05, 0) is 51.9 Å². The van der Waals surface area contributed by atoms with Crippen LogP contribution in [-0.2, 0) is 19.1 Å². The monoisotopic (exact) mass is 434 g/mol. The summed E-state index contributed by atoms with van der Waals surface area (Å²) >= 11 is 3.77. The van der Waals surface area contributed by atoms with Crippen LogP contribution >= 0.6 is 15.9 Å². The highest BCUT2D eigenvalue weighted by atomic mass is 79.9. The first-order valence-corrected chi connectivity index (χ1v) is 11.4. The average Bonchev–Trinajstić information content (AvgIpc) is 2.57. The summed E-state index contributed by atoms with van der Waals surface area (Å²) in [5, 5.41) is 0. The Hall–Kier alpha value is -0.580. The third kappa shape index (κ3) is 16.9. The topological polar surface area (TPSA) is 52.6 Å². The van der Waals surface area contributed by atoms with Gasteiger partial charge in [-0.2, -0.15) is 0 Å². The van der Waals surface area contributed by atoms with E-state index in [1.54, 1.807) is 0 Å². The van der Waals surface area contributed by atoms with Gasteiger partial charge >= 0.3 is 11.9 Å². The Labute approximate surface area is 168 Å². The van der Waals surface area contributed by atoms with Crippen LogP contribution in [0.5, 0.6) is 0 Å². The Bertz CT molecular complexity index is 360. The summed E-state index contributed by atoms with van der Waals surface area (Å²) in [5.74, 6) is -0.239. The van der Waals surface area contributed by atoms with E-state index < -0.39 is 0 Å². The maximum atomic E-state index is 11.2. The Morgan fingerprint density at radius 1 is 0.846 bits per heavy atom. The minimum Gasteiger partial charge on any atom is -0.466 e. The summed E-state index contributed by atoms with van der Waals surface area (Å²) < 4.78 is 10.4. The molecule has 2 unspecified atom stereocenters. The number of rotatable bonds is 17. The highest BCUT2D eigenvalue weighted by Gasteiger charge is 2.13. The predicted molar refractivity (Wildman–Crippen MR) is 111 cm³/mol. The summed E-state index contributed by atoms with van der Waals surface area (Å²) in [5.41, 5.74) is 0. The Kier molecular flexibility index (Phi) is 17.4. The van der Waals surface area contributed by atoms with Crippen LogP contribution in [0.2, 0.25) is 0 Å². The summed E-state index contributed by atoms with van der Waals surface area (Å²) in [6.45, 7) is 6.00. The molecule has 0 aromatic rings. The highest BCUT2D eigenvalue weighted by molar-refractivity contribution is 9.09. The van der Waals surface area contributed by atoms with Crippen molar-refractivity contribution in [2.24, 2.45) is 0 Å². The van der Waals surface area contributed by atoms with Gasteiger partial charge in [0.15, 0.2) is 0 Å². The van der Waals surface area contributed by atoms with Gasteiger partial charge in [-0.3, -0.25) is 9.59 Å². The molecule has 0 aliphatic carbocycles. The molecule has 0 saturated carbocycles. The van der Waals surface area contributed by atoms with Crippen molar-refractivity contribution < 1.29 is 19.1 Å². The third-order valence-corrected chi connectivity index (χ3v) is 5.37. The van der Waals surface area contributed by atoms with Crippen LogP contribution < -0.4 is 0 Å². The Morgan fingerprint density at radius 2 is 1.46 bits per heavy atom. The van der Waals surface area contributed by atoms with Gasteiger partial charge in [0.25, 0.3) is 0 Å². The molecule has 0 fully saturated rings. The number of carbonyl (C=O) groups is 2. The van der Waals surface area contributed by atoms with Gasteiger partial charge in [-0.25, -0.2) is 0 Å². The molecule has 5 heteroatoms. The normalized spacial score (nSPS) is 13.2. The van der Waals surface area contributed by atoms with Crippen molar-refractivity contribution in [3.05, 3.63) is 0 Å². The summed E-state index contributed by atoms with van der Waals surface area (Å²) in [4.78, 5) is 23.0. The standard InChI is InChI=1S/C21H39BrO4/c1-4-6-9-15-20(26-18(3)23)16-12-14-19(22)13-10-7-8-11-17-21(24)25-5-2/h19-20H,4-17H2,1-3H3. The van der Waals surface area contributed by atoms with E-state index in [0.717, 1.165) is 57.8 Å². The van der Waals surface area contributed by atoms with Gasteiger partial charge in [0, 0.05) is 18.2 Å². The third-order valence-electron chi connectivity index (χ3n) is 4.46. The minimum absolute atomic E-state index is 0.0767. The van der Waals surface area contributed by atoms with Gasteiger partial charge in [-0.1, -0.05) is 55.0 Å². The predicted octanol–water partition coefficient (Wildman–Crippen LogP) is 6.34. The quantitative estimate of drug-likeness (QED) is 0.152. The number of hydrogen-bond acceptors (Lipinski definition) is 4. The van der Waals surface area contributed by atoms with E-state index in [1.807, 2.05) is 6.92 Å². The Morgan fingerprint density at radius 3 is 2.12 bits per heavy atom. The van der Waals surface area contributed by atoms with Crippen LogP contribution in [0.25, 0.3) is 0 Å². The molecule has 0 aliphatic heterocycles. The second kappa shape index (κ2) is 17.8. The fourth-order valence-electron chi connectivity index (χ4n) is 3.05. The van der Waals surface area contributed by atoms with Crippen LogP contribution in [0.3, 0.4) is 0 Å². The first-order chi connectivity index (χ1) is 12.5. The highest BCUT2D eigenvalue weighted by Crippen LogP contribution is 2.21. The van der Waals surface area contributed by atoms with E-state index >= 15 is 0 Å². The molecule has 0 rings (SSSR count). The molecule has 0 N–H and O–H groups in total. The molecule has 0 heterocycles. The number of unbranched alkanes of at least 4 members (excludes halogenated alkanes) is 5. The lowest BCUT2D eigenvalue weighted by Crippen LogP contribution is -2.16. The van der Waals surface area contributed by atoms with Gasteiger partial charge in [0.05, 0.1) is 6.61 Å². The summed E-state index contributed by atoms with van der Waals surface area (Å²) in [7, 11) is 0. The lowest BCUT2D eigenvalue weighted by atomic mass is 10.0. The molecule has 0 amide bonds. The lowest BCUT2D eigenvalue weighted by molar-refractivity contribution is -0.147. The fourth-order valence-corrected chi connectivity index (χ4v) is 3.70. The number of alkyl halides is 1. The van der Waals surface area contributed by atoms with Crippen molar-refractivity contribution in [2.45, 2.75) is 115 Å². The molecule has 0 aromatic carbocycles. The number of halogens is 1. The largest absolute Gasteiger partial charge is 0.466 e. The fraction of sp³-hybridized carbons (Fsp3) is 0.905. The molecule has 0 bridgehead atoms. The zero-order valence-corrected chi connectivity index (χ0v) is 18.7. The first kappa shape index (κ1) is 25.4. The van der Waals surface area contributed by atoms with E-state index in [4.69, 9.17) is 9.47 Å². The second-order valence-corrected chi connectivity index (χ2v) is 8.31. The first-order valence-electron chi connectivity index (χ1n) is 10.5. The maximum absolute atomic E-state index is 11.2. The molecule has 2 atom stereocenters. The zero-order valence-electron chi connectivity index (χ0n) is 17.1. The van der Waals surface area contributed by atoms with E-state index in [-0.39, 0.29) is 18.0 Å². The number of ether oxygens (including phenoxy) is 2. The molecule has 4 nitrogen and oxygen atoms in total. The SMILES string of the molecule is CCCCCC(CCCC(Br)CCCCCCC(=O)OCC)OC(C)=O. The van der Waals surface area contributed by atoms with Crippen LogP contribution in [0.4, 0.5) is 0 Å². The van der Waals surface area contributed by atoms with Crippen molar-refractivity contribution in [1.29, 1.82) is 0 Å². The summed E-state index contributed by atoms with van der Waals surface area (Å²) in [6, 6.07) is 0. The van der Waals surface area contributed by atoms with E-state index in [1.165, 1.54) is 26.2 Å². The molecule has 0 radical (unpaired) electrons. The van der Waals surface area contributed by atoms with Crippen molar-refractivity contribution >= 4 is 27.9 Å². The van der Waals surface area contributed by atoms with Crippen LogP contribution in [0, 0.1) is 0 Å².